The minimum absolute atomic E-state index is 0.0782. The van der Waals surface area contributed by atoms with Crippen LogP contribution >= 0.6 is 0 Å². The summed E-state index contributed by atoms with van der Waals surface area (Å²) in [6, 6.07) is 0.414. The summed E-state index contributed by atoms with van der Waals surface area (Å²) in [6.07, 6.45) is 8.52. The maximum Gasteiger partial charge on any atom is 0.317 e. The number of carboxylic acid groups (broad SMARTS) is 1. The molecule has 0 radical (unpaired) electrons. The summed E-state index contributed by atoms with van der Waals surface area (Å²) >= 11 is 0. The van der Waals surface area contributed by atoms with Gasteiger partial charge in [-0.25, -0.2) is 0 Å². The third kappa shape index (κ3) is 2.24. The summed E-state index contributed by atoms with van der Waals surface area (Å²) in [6.45, 7) is 0.534. The van der Waals surface area contributed by atoms with Crippen molar-refractivity contribution in [2.24, 2.45) is 0 Å². The van der Waals surface area contributed by atoms with Crippen LogP contribution in [0.1, 0.15) is 19.3 Å². The monoisotopic (exact) mass is 167 g/mol. The van der Waals surface area contributed by atoms with E-state index < -0.39 is 5.97 Å². The second-order valence-electron chi connectivity index (χ2n) is 3.09. The predicted octanol–water partition coefficient (Wildman–Crippen LogP) is 0.559. The zero-order valence-corrected chi connectivity index (χ0v) is 6.99. The largest absolute Gasteiger partial charge is 0.480 e. The Morgan fingerprint density at radius 2 is 2.33 bits per heavy atom. The van der Waals surface area contributed by atoms with E-state index in [1.807, 2.05) is 4.90 Å². The van der Waals surface area contributed by atoms with E-state index in [4.69, 9.17) is 11.5 Å². The maximum atomic E-state index is 10.4. The molecule has 0 atom stereocenters. The summed E-state index contributed by atoms with van der Waals surface area (Å²) < 4.78 is 0. The first kappa shape index (κ1) is 9.08. The number of aliphatic carboxylic acids is 1. The van der Waals surface area contributed by atoms with Crippen molar-refractivity contribution in [2.45, 2.75) is 25.3 Å². The molecule has 0 bridgehead atoms. The number of terminal acetylenes is 1. The second-order valence-corrected chi connectivity index (χ2v) is 3.09. The van der Waals surface area contributed by atoms with Crippen LogP contribution in [0.15, 0.2) is 0 Å². The quantitative estimate of drug-likeness (QED) is 0.622. The standard InChI is InChI=1S/C9H13NO2/c1-2-6-10(7-9(11)12)8-4-3-5-8/h1,8H,3-7H2,(H,11,12). The van der Waals surface area contributed by atoms with E-state index in [1.54, 1.807) is 0 Å². The van der Waals surface area contributed by atoms with Crippen molar-refractivity contribution >= 4 is 5.97 Å². The number of carbonyl (C=O) groups is 1. The molecule has 3 heteroatoms. The van der Waals surface area contributed by atoms with E-state index in [9.17, 15) is 4.79 Å². The van der Waals surface area contributed by atoms with Gasteiger partial charge in [0.05, 0.1) is 13.1 Å². The third-order valence-electron chi connectivity index (χ3n) is 2.22. The molecule has 12 heavy (non-hydrogen) atoms. The summed E-state index contributed by atoms with van der Waals surface area (Å²) in [5.74, 6) is 1.69. The number of nitrogens with zero attached hydrogens (tertiary/aromatic N) is 1. The topological polar surface area (TPSA) is 40.5 Å². The highest BCUT2D eigenvalue weighted by molar-refractivity contribution is 5.69. The fraction of sp³-hybridized carbons (Fsp3) is 0.667. The summed E-state index contributed by atoms with van der Waals surface area (Å²) in [4.78, 5) is 12.3. The lowest BCUT2D eigenvalue weighted by Gasteiger charge is -2.35. The van der Waals surface area contributed by atoms with Crippen LogP contribution in [-0.2, 0) is 4.79 Å². The fourth-order valence-electron chi connectivity index (χ4n) is 1.36. The lowest BCUT2D eigenvalue weighted by atomic mass is 9.91. The lowest BCUT2D eigenvalue weighted by molar-refractivity contribution is -0.139. The summed E-state index contributed by atoms with van der Waals surface area (Å²) in [5, 5.41) is 8.57. The van der Waals surface area contributed by atoms with Crippen molar-refractivity contribution in [3.8, 4) is 12.3 Å². The van der Waals surface area contributed by atoms with Gasteiger partial charge in [0.2, 0.25) is 0 Å². The van der Waals surface area contributed by atoms with Gasteiger partial charge in [-0.3, -0.25) is 9.69 Å². The third-order valence-corrected chi connectivity index (χ3v) is 2.22. The van der Waals surface area contributed by atoms with Crippen molar-refractivity contribution in [3.63, 3.8) is 0 Å². The SMILES string of the molecule is C#CCN(CC(=O)O)C1CCC1. The van der Waals surface area contributed by atoms with Gasteiger partial charge in [0.1, 0.15) is 0 Å². The molecule has 0 unspecified atom stereocenters. The number of hydrogen-bond donors (Lipinski definition) is 1. The van der Waals surface area contributed by atoms with E-state index >= 15 is 0 Å². The molecule has 0 heterocycles. The molecule has 1 fully saturated rings. The van der Waals surface area contributed by atoms with Gasteiger partial charge in [0.15, 0.2) is 0 Å². The van der Waals surface area contributed by atoms with Gasteiger partial charge in [-0.1, -0.05) is 12.3 Å². The first-order valence-corrected chi connectivity index (χ1v) is 4.13. The molecule has 1 aliphatic rings. The van der Waals surface area contributed by atoms with Gasteiger partial charge in [-0.05, 0) is 12.8 Å². The molecule has 0 aromatic heterocycles. The minimum Gasteiger partial charge on any atom is -0.480 e. The molecule has 0 aromatic carbocycles. The van der Waals surface area contributed by atoms with Crippen LogP contribution in [0, 0.1) is 12.3 Å². The van der Waals surface area contributed by atoms with E-state index in [2.05, 4.69) is 5.92 Å². The number of carboxylic acids is 1. The van der Waals surface area contributed by atoms with Crippen molar-refractivity contribution in [2.75, 3.05) is 13.1 Å². The molecular weight excluding hydrogens is 154 g/mol. The zero-order valence-electron chi connectivity index (χ0n) is 6.99. The van der Waals surface area contributed by atoms with E-state index in [1.165, 1.54) is 6.42 Å². The maximum absolute atomic E-state index is 10.4. The lowest BCUT2D eigenvalue weighted by Crippen LogP contribution is -2.43. The van der Waals surface area contributed by atoms with Gasteiger partial charge in [-0.15, -0.1) is 6.42 Å². The van der Waals surface area contributed by atoms with Crippen molar-refractivity contribution in [3.05, 3.63) is 0 Å². The highest BCUT2D eigenvalue weighted by Gasteiger charge is 2.25. The van der Waals surface area contributed by atoms with E-state index in [-0.39, 0.29) is 6.54 Å². The first-order chi connectivity index (χ1) is 5.74. The molecule has 1 saturated carbocycles. The summed E-state index contributed by atoms with van der Waals surface area (Å²) in [5.41, 5.74) is 0. The smallest absolute Gasteiger partial charge is 0.317 e. The normalized spacial score (nSPS) is 17.0. The predicted molar refractivity (Wildman–Crippen MR) is 45.7 cm³/mol. The van der Waals surface area contributed by atoms with Crippen LogP contribution in [0.2, 0.25) is 0 Å². The van der Waals surface area contributed by atoms with Gasteiger partial charge in [0, 0.05) is 6.04 Å². The van der Waals surface area contributed by atoms with Crippen molar-refractivity contribution in [1.29, 1.82) is 0 Å². The van der Waals surface area contributed by atoms with Gasteiger partial charge in [-0.2, -0.15) is 0 Å². The van der Waals surface area contributed by atoms with Crippen LogP contribution in [-0.4, -0.2) is 35.1 Å². The fourth-order valence-corrected chi connectivity index (χ4v) is 1.36. The van der Waals surface area contributed by atoms with E-state index in [0.29, 0.717) is 12.6 Å². The van der Waals surface area contributed by atoms with Crippen LogP contribution < -0.4 is 0 Å². The molecule has 66 valence electrons. The Labute approximate surface area is 72.4 Å². The molecule has 1 rings (SSSR count). The Kier molecular flexibility index (Phi) is 3.12. The molecule has 0 amide bonds. The molecule has 1 N–H and O–H groups in total. The van der Waals surface area contributed by atoms with Crippen LogP contribution in [0.3, 0.4) is 0 Å². The van der Waals surface area contributed by atoms with Gasteiger partial charge >= 0.3 is 5.97 Å². The average Bonchev–Trinajstić information content (AvgIpc) is 1.81. The summed E-state index contributed by atoms with van der Waals surface area (Å²) in [7, 11) is 0. The molecule has 0 aromatic rings. The molecule has 0 saturated heterocycles. The Balaban J connectivity index is 2.37. The Morgan fingerprint density at radius 1 is 1.67 bits per heavy atom. The molecule has 3 nitrogen and oxygen atoms in total. The Morgan fingerprint density at radius 3 is 2.67 bits per heavy atom. The van der Waals surface area contributed by atoms with Gasteiger partial charge < -0.3 is 5.11 Å². The Bertz CT molecular complexity index is 203. The highest BCUT2D eigenvalue weighted by atomic mass is 16.4. The first-order valence-electron chi connectivity index (χ1n) is 4.13. The van der Waals surface area contributed by atoms with E-state index in [0.717, 1.165) is 12.8 Å². The van der Waals surface area contributed by atoms with Crippen molar-refractivity contribution in [1.82, 2.24) is 4.90 Å². The molecule has 1 aliphatic carbocycles. The number of hydrogen-bond acceptors (Lipinski definition) is 2. The number of rotatable bonds is 4. The molecular formula is C9H13NO2. The zero-order chi connectivity index (χ0) is 8.97. The second kappa shape index (κ2) is 4.13. The van der Waals surface area contributed by atoms with Crippen LogP contribution in [0.5, 0.6) is 0 Å². The minimum atomic E-state index is -0.794. The van der Waals surface area contributed by atoms with Crippen LogP contribution in [0.4, 0.5) is 0 Å². The average molecular weight is 167 g/mol. The molecule has 0 spiro atoms. The van der Waals surface area contributed by atoms with Crippen molar-refractivity contribution < 1.29 is 9.90 Å². The van der Waals surface area contributed by atoms with Gasteiger partial charge in [0.25, 0.3) is 0 Å². The molecule has 0 aliphatic heterocycles. The Hall–Kier alpha value is -1.01. The van der Waals surface area contributed by atoms with Crippen LogP contribution in [0.25, 0.3) is 0 Å². The highest BCUT2D eigenvalue weighted by Crippen LogP contribution is 2.23.